The molecule has 1 aliphatic carbocycles. The molecule has 1 fully saturated rings. The summed E-state index contributed by atoms with van der Waals surface area (Å²) in [6, 6.07) is 5.97. The van der Waals surface area contributed by atoms with Crippen molar-refractivity contribution in [2.24, 2.45) is 5.92 Å². The Labute approximate surface area is 219 Å². The Bertz CT molecular complexity index is 1320. The highest BCUT2D eigenvalue weighted by Crippen LogP contribution is 2.53. The van der Waals surface area contributed by atoms with Crippen molar-refractivity contribution in [2.45, 2.75) is 64.0 Å². The molecule has 0 radical (unpaired) electrons. The second-order valence-corrected chi connectivity index (χ2v) is 10.1. The highest BCUT2D eigenvalue weighted by Gasteiger charge is 2.73. The lowest BCUT2D eigenvalue weighted by molar-refractivity contribution is -0.348. The van der Waals surface area contributed by atoms with Crippen LogP contribution >= 0.6 is 11.6 Å². The molecule has 1 aromatic heterocycles. The Morgan fingerprint density at radius 2 is 1.58 bits per heavy atom. The molecule has 0 N–H and O–H groups in total. The van der Waals surface area contributed by atoms with Gasteiger partial charge < -0.3 is 0 Å². The first-order valence-electron chi connectivity index (χ1n) is 12.0. The zero-order valence-electron chi connectivity index (χ0n) is 20.5. The number of ketones is 1. The van der Waals surface area contributed by atoms with E-state index in [0.29, 0.717) is 46.2 Å². The average molecular weight is 561 g/mol. The molecule has 0 amide bonds. The highest BCUT2D eigenvalue weighted by atomic mass is 35.5. The number of rotatable bonds is 8. The molecule has 1 aliphatic rings. The minimum Gasteiger partial charge on any atom is -0.294 e. The van der Waals surface area contributed by atoms with Crippen LogP contribution in [0.1, 0.15) is 59.2 Å². The second kappa shape index (κ2) is 10.0. The first-order chi connectivity index (χ1) is 17.6. The first-order valence-corrected chi connectivity index (χ1v) is 12.3. The van der Waals surface area contributed by atoms with E-state index in [1.807, 2.05) is 0 Å². The molecule has 0 unspecified atom stereocenters. The fourth-order valence-electron chi connectivity index (χ4n) is 4.61. The largest absolute Gasteiger partial charge is 0.435 e. The van der Waals surface area contributed by atoms with Crippen LogP contribution in [-0.2, 0) is 5.67 Å². The van der Waals surface area contributed by atoms with Crippen LogP contribution in [0.15, 0.2) is 42.7 Å². The standard InChI is InChI=1S/C27H24ClF7N2O/c1-15-10-20(25(29,26(30,31)32)27(33,34)35)11-16(2)24(15)37-14-19(13-36-37)18-8-9-22(28)21(12-18)23(38)5-3-4-17-6-7-17/h8-14,17H,3-7H2,1-2H3. The number of carbonyl (C=O) groups excluding carboxylic acids is 1. The van der Waals surface area contributed by atoms with Gasteiger partial charge in [0.15, 0.2) is 5.78 Å². The van der Waals surface area contributed by atoms with Crippen molar-refractivity contribution in [2.75, 3.05) is 0 Å². The summed E-state index contributed by atoms with van der Waals surface area (Å²) in [5, 5.41) is 4.52. The van der Waals surface area contributed by atoms with Gasteiger partial charge in [0.1, 0.15) is 0 Å². The molecule has 4 rings (SSSR count). The Balaban J connectivity index is 1.64. The summed E-state index contributed by atoms with van der Waals surface area (Å²) >= 11 is 6.26. The van der Waals surface area contributed by atoms with Crippen LogP contribution in [0.3, 0.4) is 0 Å². The SMILES string of the molecule is Cc1cc(C(F)(C(F)(F)F)C(F)(F)F)cc(C)c1-n1cc(-c2ccc(Cl)c(C(=O)CCCC3CC3)c2)cn1. The first kappa shape index (κ1) is 28.1. The van der Waals surface area contributed by atoms with Gasteiger partial charge >= 0.3 is 18.0 Å². The number of aryl methyl sites for hydroxylation is 2. The Morgan fingerprint density at radius 1 is 0.974 bits per heavy atom. The van der Waals surface area contributed by atoms with Crippen molar-refractivity contribution in [3.8, 4) is 16.8 Å². The monoisotopic (exact) mass is 560 g/mol. The van der Waals surface area contributed by atoms with Gasteiger partial charge in [-0.25, -0.2) is 9.07 Å². The van der Waals surface area contributed by atoms with Crippen molar-refractivity contribution in [1.82, 2.24) is 9.78 Å². The molecule has 2 aromatic carbocycles. The zero-order chi connectivity index (χ0) is 28.0. The van der Waals surface area contributed by atoms with Gasteiger partial charge in [0, 0.05) is 29.3 Å². The van der Waals surface area contributed by atoms with Gasteiger partial charge in [-0.3, -0.25) is 4.79 Å². The molecule has 1 saturated carbocycles. The summed E-state index contributed by atoms with van der Waals surface area (Å²) in [5.74, 6) is 0.621. The molecule has 0 aliphatic heterocycles. The number of Topliss-reactive ketones (excluding diaryl/α,β-unsaturated/α-hetero) is 1. The van der Waals surface area contributed by atoms with E-state index in [-0.39, 0.29) is 22.6 Å². The molecule has 0 spiro atoms. The lowest BCUT2D eigenvalue weighted by Gasteiger charge is -2.31. The van der Waals surface area contributed by atoms with E-state index in [2.05, 4.69) is 5.10 Å². The number of hydrogen-bond donors (Lipinski definition) is 0. The van der Waals surface area contributed by atoms with Gasteiger partial charge in [-0.15, -0.1) is 0 Å². The molecule has 1 heterocycles. The van der Waals surface area contributed by atoms with Crippen LogP contribution in [0, 0.1) is 19.8 Å². The highest BCUT2D eigenvalue weighted by molar-refractivity contribution is 6.34. The Kier molecular flexibility index (Phi) is 7.42. The van der Waals surface area contributed by atoms with Crippen LogP contribution in [0.2, 0.25) is 5.02 Å². The third kappa shape index (κ3) is 5.32. The van der Waals surface area contributed by atoms with Crippen LogP contribution < -0.4 is 0 Å². The summed E-state index contributed by atoms with van der Waals surface area (Å²) in [6.07, 6.45) is -4.88. The molecule has 0 bridgehead atoms. The van der Waals surface area contributed by atoms with Crippen molar-refractivity contribution < 1.29 is 35.5 Å². The summed E-state index contributed by atoms with van der Waals surface area (Å²) in [4.78, 5) is 12.7. The van der Waals surface area contributed by atoms with Crippen molar-refractivity contribution in [3.63, 3.8) is 0 Å². The van der Waals surface area contributed by atoms with E-state index in [1.54, 1.807) is 18.2 Å². The maximum absolute atomic E-state index is 14.6. The number of halogens is 8. The van der Waals surface area contributed by atoms with Crippen molar-refractivity contribution in [1.29, 1.82) is 0 Å². The van der Waals surface area contributed by atoms with Gasteiger partial charge in [0.05, 0.1) is 16.9 Å². The quantitative estimate of drug-likeness (QED) is 0.204. The molecular formula is C27H24ClF7N2O. The molecule has 204 valence electrons. The third-order valence-electron chi connectivity index (χ3n) is 6.80. The molecule has 38 heavy (non-hydrogen) atoms. The van der Waals surface area contributed by atoms with Crippen LogP contribution in [0.5, 0.6) is 0 Å². The van der Waals surface area contributed by atoms with Gasteiger partial charge in [-0.1, -0.05) is 49.1 Å². The minimum absolute atomic E-state index is 0.0344. The van der Waals surface area contributed by atoms with Crippen LogP contribution in [0.25, 0.3) is 16.8 Å². The summed E-state index contributed by atoms with van der Waals surface area (Å²) in [6.45, 7) is 2.56. The molecule has 0 saturated heterocycles. The Morgan fingerprint density at radius 3 is 2.13 bits per heavy atom. The average Bonchev–Trinajstić information content (AvgIpc) is 3.51. The lowest BCUT2D eigenvalue weighted by atomic mass is 9.90. The molecule has 0 atom stereocenters. The summed E-state index contributed by atoms with van der Waals surface area (Å²) < 4.78 is 95.3. The van der Waals surface area contributed by atoms with Crippen molar-refractivity contribution in [3.05, 3.63) is 70.0 Å². The Hall–Kier alpha value is -2.88. The predicted octanol–water partition coefficient (Wildman–Crippen LogP) is 8.86. The normalized spacial score (nSPS) is 14.7. The van der Waals surface area contributed by atoms with E-state index < -0.39 is 23.6 Å². The molecule has 3 aromatic rings. The molecular weight excluding hydrogens is 537 g/mol. The van der Waals surface area contributed by atoms with Gasteiger partial charge in [-0.05, 0) is 55.0 Å². The maximum Gasteiger partial charge on any atom is 0.435 e. The maximum atomic E-state index is 14.6. The van der Waals surface area contributed by atoms with Crippen molar-refractivity contribution >= 4 is 17.4 Å². The van der Waals surface area contributed by atoms with Gasteiger partial charge in [0.25, 0.3) is 0 Å². The van der Waals surface area contributed by atoms with Crippen LogP contribution in [-0.4, -0.2) is 27.9 Å². The van der Waals surface area contributed by atoms with E-state index in [1.165, 1.54) is 43.8 Å². The number of nitrogens with zero attached hydrogens (tertiary/aromatic N) is 2. The second-order valence-electron chi connectivity index (χ2n) is 9.74. The minimum atomic E-state index is -6.20. The van der Waals surface area contributed by atoms with E-state index in [0.717, 1.165) is 12.8 Å². The molecule has 11 heteroatoms. The predicted molar refractivity (Wildman–Crippen MR) is 129 cm³/mol. The summed E-state index contributed by atoms with van der Waals surface area (Å²) in [7, 11) is 0. The number of hydrogen-bond acceptors (Lipinski definition) is 2. The van der Waals surface area contributed by atoms with E-state index >= 15 is 0 Å². The summed E-state index contributed by atoms with van der Waals surface area (Å²) in [5.41, 5.74) is -5.42. The smallest absolute Gasteiger partial charge is 0.294 e. The zero-order valence-corrected chi connectivity index (χ0v) is 21.2. The third-order valence-corrected chi connectivity index (χ3v) is 7.12. The fraction of sp³-hybridized carbons (Fsp3) is 0.407. The number of carbonyl (C=O) groups is 1. The molecule has 3 nitrogen and oxygen atoms in total. The van der Waals surface area contributed by atoms with Gasteiger partial charge in [-0.2, -0.15) is 31.4 Å². The lowest BCUT2D eigenvalue weighted by Crippen LogP contribution is -2.50. The number of alkyl halides is 7. The topological polar surface area (TPSA) is 34.9 Å². The van der Waals surface area contributed by atoms with E-state index in [9.17, 15) is 35.5 Å². The fourth-order valence-corrected chi connectivity index (χ4v) is 4.83. The van der Waals surface area contributed by atoms with Gasteiger partial charge in [0.2, 0.25) is 0 Å². The van der Waals surface area contributed by atoms with Crippen LogP contribution in [0.4, 0.5) is 30.7 Å². The number of aromatic nitrogens is 2. The number of benzene rings is 2. The van der Waals surface area contributed by atoms with E-state index in [4.69, 9.17) is 11.6 Å².